The Hall–Kier alpha value is -2.79. The van der Waals surface area contributed by atoms with Gasteiger partial charge in [-0.25, -0.2) is 4.79 Å². The van der Waals surface area contributed by atoms with Crippen molar-refractivity contribution in [1.82, 2.24) is 5.16 Å². The number of halogens is 1. The summed E-state index contributed by atoms with van der Waals surface area (Å²) in [6.07, 6.45) is 0. The molecule has 3 aromatic rings. The van der Waals surface area contributed by atoms with Crippen LogP contribution in [-0.2, 0) is 16.1 Å². The van der Waals surface area contributed by atoms with Gasteiger partial charge in [0.1, 0.15) is 18.1 Å². The Morgan fingerprint density at radius 1 is 1.11 bits per heavy atom. The second-order valence-corrected chi connectivity index (χ2v) is 6.80. The molecule has 0 N–H and O–H groups in total. The Morgan fingerprint density at radius 2 is 1.81 bits per heavy atom. The summed E-state index contributed by atoms with van der Waals surface area (Å²) in [5.74, 6) is 1.19. The third-order valence-electron chi connectivity index (χ3n) is 3.97. The number of esters is 1. The van der Waals surface area contributed by atoms with Crippen LogP contribution in [0.25, 0.3) is 11.3 Å². The van der Waals surface area contributed by atoms with Gasteiger partial charge in [-0.1, -0.05) is 42.7 Å². The normalized spacial score (nSPS) is 10.8. The van der Waals surface area contributed by atoms with E-state index in [1.165, 1.54) is 5.56 Å². The number of hydrogen-bond acceptors (Lipinski definition) is 5. The van der Waals surface area contributed by atoms with Crippen molar-refractivity contribution in [2.75, 3.05) is 6.61 Å². The number of aromatic nitrogens is 1. The third-order valence-corrected chi connectivity index (χ3v) is 4.22. The highest BCUT2D eigenvalue weighted by molar-refractivity contribution is 6.30. The summed E-state index contributed by atoms with van der Waals surface area (Å²) in [7, 11) is 0. The van der Waals surface area contributed by atoms with Gasteiger partial charge < -0.3 is 14.0 Å². The predicted molar refractivity (Wildman–Crippen MR) is 103 cm³/mol. The van der Waals surface area contributed by atoms with Crippen molar-refractivity contribution in [2.24, 2.45) is 0 Å². The summed E-state index contributed by atoms with van der Waals surface area (Å²) in [4.78, 5) is 11.9. The van der Waals surface area contributed by atoms with E-state index >= 15 is 0 Å². The maximum absolute atomic E-state index is 11.9. The van der Waals surface area contributed by atoms with Crippen molar-refractivity contribution in [3.8, 4) is 17.1 Å². The summed E-state index contributed by atoms with van der Waals surface area (Å²) < 4.78 is 15.9. The van der Waals surface area contributed by atoms with Crippen LogP contribution in [0.2, 0.25) is 5.02 Å². The Morgan fingerprint density at radius 3 is 2.48 bits per heavy atom. The summed E-state index contributed by atoms with van der Waals surface area (Å²) in [6, 6.07) is 16.6. The SMILES string of the molecule is CC(C)c1ccc(OCC(=O)OCc2cc(-c3ccc(Cl)cc3)on2)cc1. The van der Waals surface area contributed by atoms with Gasteiger partial charge in [0.05, 0.1) is 0 Å². The van der Waals surface area contributed by atoms with Crippen LogP contribution < -0.4 is 4.74 Å². The smallest absolute Gasteiger partial charge is 0.344 e. The van der Waals surface area contributed by atoms with Crippen LogP contribution >= 0.6 is 11.6 Å². The fourth-order valence-electron chi connectivity index (χ4n) is 2.42. The van der Waals surface area contributed by atoms with Crippen molar-refractivity contribution in [3.63, 3.8) is 0 Å². The molecule has 6 heteroatoms. The van der Waals surface area contributed by atoms with Gasteiger partial charge in [-0.15, -0.1) is 0 Å². The number of ether oxygens (including phenoxy) is 2. The number of carbonyl (C=O) groups is 1. The molecule has 0 aliphatic carbocycles. The molecule has 1 heterocycles. The predicted octanol–water partition coefficient (Wildman–Crippen LogP) is 5.24. The maximum Gasteiger partial charge on any atom is 0.344 e. The van der Waals surface area contributed by atoms with E-state index in [1.807, 2.05) is 36.4 Å². The Kier molecular flexibility index (Phi) is 6.14. The van der Waals surface area contributed by atoms with Crippen molar-refractivity contribution >= 4 is 17.6 Å². The van der Waals surface area contributed by atoms with E-state index < -0.39 is 5.97 Å². The van der Waals surface area contributed by atoms with Crippen LogP contribution in [0.15, 0.2) is 59.1 Å². The fraction of sp³-hybridized carbons (Fsp3) is 0.238. The first-order valence-electron chi connectivity index (χ1n) is 8.61. The molecule has 5 nitrogen and oxygen atoms in total. The number of carbonyl (C=O) groups excluding carboxylic acids is 1. The highest BCUT2D eigenvalue weighted by Gasteiger charge is 2.10. The number of rotatable bonds is 7. The molecular formula is C21H20ClNO4. The first-order valence-corrected chi connectivity index (χ1v) is 8.99. The molecule has 0 unspecified atom stereocenters. The van der Waals surface area contributed by atoms with E-state index in [-0.39, 0.29) is 13.2 Å². The minimum Gasteiger partial charge on any atom is -0.482 e. The second-order valence-electron chi connectivity index (χ2n) is 6.36. The fourth-order valence-corrected chi connectivity index (χ4v) is 2.54. The lowest BCUT2D eigenvalue weighted by Gasteiger charge is -2.08. The molecule has 0 aliphatic heterocycles. The van der Waals surface area contributed by atoms with Crippen molar-refractivity contribution in [3.05, 3.63) is 70.9 Å². The van der Waals surface area contributed by atoms with Crippen LogP contribution in [0.5, 0.6) is 5.75 Å². The average molecular weight is 386 g/mol. The maximum atomic E-state index is 11.9. The molecule has 3 rings (SSSR count). The molecule has 0 spiro atoms. The number of nitrogens with zero attached hydrogens (tertiary/aromatic N) is 1. The minimum atomic E-state index is -0.473. The topological polar surface area (TPSA) is 61.6 Å². The summed E-state index contributed by atoms with van der Waals surface area (Å²) in [6.45, 7) is 4.10. The van der Waals surface area contributed by atoms with Gasteiger partial charge in [0.15, 0.2) is 12.4 Å². The van der Waals surface area contributed by atoms with E-state index in [9.17, 15) is 4.79 Å². The van der Waals surface area contributed by atoms with Crippen molar-refractivity contribution < 1.29 is 18.8 Å². The largest absolute Gasteiger partial charge is 0.482 e. The molecule has 0 aliphatic rings. The summed E-state index contributed by atoms with van der Waals surface area (Å²) >= 11 is 5.87. The number of benzene rings is 2. The summed E-state index contributed by atoms with van der Waals surface area (Å²) in [5.41, 5.74) is 2.58. The molecule has 0 amide bonds. The lowest BCUT2D eigenvalue weighted by atomic mass is 10.0. The Bertz CT molecular complexity index is 885. The van der Waals surface area contributed by atoms with Crippen LogP contribution in [0.1, 0.15) is 31.0 Å². The molecular weight excluding hydrogens is 366 g/mol. The molecule has 0 bridgehead atoms. The lowest BCUT2D eigenvalue weighted by molar-refractivity contribution is -0.147. The zero-order valence-electron chi connectivity index (χ0n) is 15.1. The number of hydrogen-bond donors (Lipinski definition) is 0. The lowest BCUT2D eigenvalue weighted by Crippen LogP contribution is -2.14. The minimum absolute atomic E-state index is 0.0194. The monoisotopic (exact) mass is 385 g/mol. The highest BCUT2D eigenvalue weighted by Crippen LogP contribution is 2.22. The molecule has 0 saturated heterocycles. The summed E-state index contributed by atoms with van der Waals surface area (Å²) in [5, 5.41) is 4.55. The molecule has 1 aromatic heterocycles. The second kappa shape index (κ2) is 8.73. The molecule has 2 aromatic carbocycles. The zero-order valence-corrected chi connectivity index (χ0v) is 15.9. The quantitative estimate of drug-likeness (QED) is 0.520. The highest BCUT2D eigenvalue weighted by atomic mass is 35.5. The zero-order chi connectivity index (χ0) is 19.2. The van der Waals surface area contributed by atoms with Gasteiger partial charge in [0, 0.05) is 16.7 Å². The van der Waals surface area contributed by atoms with Crippen molar-refractivity contribution in [1.29, 1.82) is 0 Å². The van der Waals surface area contributed by atoms with E-state index in [2.05, 4.69) is 19.0 Å². The van der Waals surface area contributed by atoms with Gasteiger partial charge >= 0.3 is 5.97 Å². The van der Waals surface area contributed by atoms with E-state index in [0.29, 0.717) is 28.1 Å². The first-order chi connectivity index (χ1) is 13.0. The molecule has 0 fully saturated rings. The average Bonchev–Trinajstić information content (AvgIpc) is 3.14. The molecule has 0 saturated carbocycles. The van der Waals surface area contributed by atoms with Crippen LogP contribution in [0, 0.1) is 0 Å². The first kappa shape index (κ1) is 19.0. The van der Waals surface area contributed by atoms with E-state index in [0.717, 1.165) is 5.56 Å². The van der Waals surface area contributed by atoms with Gasteiger partial charge in [-0.2, -0.15) is 0 Å². The van der Waals surface area contributed by atoms with Crippen molar-refractivity contribution in [2.45, 2.75) is 26.4 Å². The van der Waals surface area contributed by atoms with E-state index in [4.69, 9.17) is 25.6 Å². The van der Waals surface area contributed by atoms with Gasteiger partial charge in [0.2, 0.25) is 0 Å². The van der Waals surface area contributed by atoms with Gasteiger partial charge in [0.25, 0.3) is 0 Å². The standard InChI is InChI=1S/C21H20ClNO4/c1-14(2)15-5-9-19(10-6-15)25-13-21(24)26-12-18-11-20(27-23-18)16-3-7-17(22)8-4-16/h3-11,14H,12-13H2,1-2H3. The molecule has 140 valence electrons. The van der Waals surface area contributed by atoms with Gasteiger partial charge in [-0.05, 0) is 47.9 Å². The third kappa shape index (κ3) is 5.34. The van der Waals surface area contributed by atoms with Gasteiger partial charge in [-0.3, -0.25) is 0 Å². The molecule has 27 heavy (non-hydrogen) atoms. The molecule has 0 radical (unpaired) electrons. The Labute approximate surface area is 162 Å². The van der Waals surface area contributed by atoms with Crippen LogP contribution in [-0.4, -0.2) is 17.7 Å². The molecule has 0 atom stereocenters. The Balaban J connectivity index is 1.47. The van der Waals surface area contributed by atoms with Crippen LogP contribution in [0.3, 0.4) is 0 Å². The van der Waals surface area contributed by atoms with Crippen LogP contribution in [0.4, 0.5) is 0 Å². The van der Waals surface area contributed by atoms with E-state index in [1.54, 1.807) is 18.2 Å².